The van der Waals surface area contributed by atoms with Crippen molar-refractivity contribution < 1.29 is 8.78 Å². The Kier molecular flexibility index (Phi) is 4.54. The van der Waals surface area contributed by atoms with Crippen molar-refractivity contribution in [2.75, 3.05) is 0 Å². The summed E-state index contributed by atoms with van der Waals surface area (Å²) in [7, 11) is 0. The van der Waals surface area contributed by atoms with Crippen LogP contribution in [-0.2, 0) is 0 Å². The zero-order valence-corrected chi connectivity index (χ0v) is 7.22. The van der Waals surface area contributed by atoms with E-state index in [4.69, 9.17) is 23.2 Å². The molecule has 0 heterocycles. The largest absolute Gasteiger partial charge is 0.288 e. The average molecular weight is 191 g/mol. The van der Waals surface area contributed by atoms with E-state index < -0.39 is 10.8 Å². The highest BCUT2D eigenvalue weighted by Gasteiger charge is 2.34. The molecule has 0 rings (SSSR count). The Balaban J connectivity index is 3.52. The van der Waals surface area contributed by atoms with E-state index in [1.165, 1.54) is 0 Å². The van der Waals surface area contributed by atoms with Gasteiger partial charge < -0.3 is 0 Å². The lowest BCUT2D eigenvalue weighted by atomic mass is 10.2. The molecule has 0 N–H and O–H groups in total. The molecule has 0 aromatic rings. The summed E-state index contributed by atoms with van der Waals surface area (Å²) in [4.78, 5) is 0. The van der Waals surface area contributed by atoms with E-state index >= 15 is 0 Å². The number of unbranched alkanes of at least 4 members (excludes halogenated alkanes) is 1. The monoisotopic (exact) mass is 190 g/mol. The van der Waals surface area contributed by atoms with Gasteiger partial charge in [-0.15, -0.1) is 0 Å². The first-order valence-electron chi connectivity index (χ1n) is 3.19. The van der Waals surface area contributed by atoms with E-state index in [2.05, 4.69) is 0 Å². The summed E-state index contributed by atoms with van der Waals surface area (Å²) in [6.07, 6.45) is -0.271. The molecule has 0 saturated carbocycles. The Hall–Kier alpha value is 0.440. The molecule has 1 atom stereocenters. The van der Waals surface area contributed by atoms with E-state index in [0.717, 1.165) is 6.42 Å². The molecule has 0 aliphatic rings. The fourth-order valence-electron chi connectivity index (χ4n) is 0.547. The average Bonchev–Trinajstić information content (AvgIpc) is 1.80. The van der Waals surface area contributed by atoms with Gasteiger partial charge in [0, 0.05) is 0 Å². The van der Waals surface area contributed by atoms with Crippen LogP contribution in [0.25, 0.3) is 0 Å². The van der Waals surface area contributed by atoms with Crippen LogP contribution >= 0.6 is 23.2 Å². The van der Waals surface area contributed by atoms with Gasteiger partial charge in [0.2, 0.25) is 0 Å². The lowest BCUT2D eigenvalue weighted by Gasteiger charge is -2.13. The normalized spacial score (nSPS) is 15.3. The van der Waals surface area contributed by atoms with Crippen LogP contribution in [-0.4, -0.2) is 10.8 Å². The second kappa shape index (κ2) is 4.35. The number of hydrogen-bond donors (Lipinski definition) is 0. The van der Waals surface area contributed by atoms with Crippen molar-refractivity contribution in [3.05, 3.63) is 0 Å². The second-order valence-electron chi connectivity index (χ2n) is 2.15. The van der Waals surface area contributed by atoms with Crippen LogP contribution < -0.4 is 0 Å². The Morgan fingerprint density at radius 2 is 2.00 bits per heavy atom. The molecule has 0 aromatic heterocycles. The van der Waals surface area contributed by atoms with Gasteiger partial charge in [-0.25, -0.2) is 8.78 Å². The third kappa shape index (κ3) is 4.29. The van der Waals surface area contributed by atoms with Crippen molar-refractivity contribution in [1.29, 1.82) is 0 Å². The highest BCUT2D eigenvalue weighted by atomic mass is 35.5. The predicted molar refractivity (Wildman–Crippen MR) is 40.0 cm³/mol. The minimum atomic E-state index is -2.71. The van der Waals surface area contributed by atoms with Gasteiger partial charge in [0.1, 0.15) is 0 Å². The third-order valence-corrected chi connectivity index (χ3v) is 1.64. The summed E-state index contributed by atoms with van der Waals surface area (Å²) in [5, 5.41) is 0. The molecule has 0 saturated heterocycles. The quantitative estimate of drug-likeness (QED) is 0.595. The van der Waals surface area contributed by atoms with Crippen LogP contribution in [0.15, 0.2) is 0 Å². The van der Waals surface area contributed by atoms with Crippen molar-refractivity contribution in [2.24, 2.45) is 0 Å². The first kappa shape index (κ1) is 10.4. The third-order valence-electron chi connectivity index (χ3n) is 1.17. The SMILES string of the molecule is CCCCC(F)C(F)(Cl)Cl. The molecule has 0 aliphatic heterocycles. The maximum atomic E-state index is 12.5. The van der Waals surface area contributed by atoms with Gasteiger partial charge in [0.25, 0.3) is 4.59 Å². The maximum Gasteiger partial charge on any atom is 0.288 e. The number of rotatable bonds is 4. The van der Waals surface area contributed by atoms with Gasteiger partial charge in [-0.2, -0.15) is 0 Å². The Morgan fingerprint density at radius 1 is 1.50 bits per heavy atom. The second-order valence-corrected chi connectivity index (χ2v) is 3.44. The molecular formula is C6H10Cl2F2. The first-order chi connectivity index (χ1) is 4.48. The molecule has 0 aromatic carbocycles. The van der Waals surface area contributed by atoms with Crippen LogP contribution in [0.2, 0.25) is 0 Å². The van der Waals surface area contributed by atoms with Gasteiger partial charge in [-0.3, -0.25) is 0 Å². The molecular weight excluding hydrogens is 181 g/mol. The minimum Gasteiger partial charge on any atom is -0.241 e. The van der Waals surface area contributed by atoms with E-state index in [1.54, 1.807) is 0 Å². The lowest BCUT2D eigenvalue weighted by Crippen LogP contribution is -2.21. The fourth-order valence-corrected chi connectivity index (χ4v) is 0.765. The van der Waals surface area contributed by atoms with Crippen molar-refractivity contribution in [2.45, 2.75) is 36.9 Å². The molecule has 10 heavy (non-hydrogen) atoms. The Morgan fingerprint density at radius 3 is 2.30 bits per heavy atom. The summed E-state index contributed by atoms with van der Waals surface area (Å²) < 4.78 is 22.0. The predicted octanol–water partition coefficient (Wildman–Crippen LogP) is 3.62. The fraction of sp³-hybridized carbons (Fsp3) is 1.00. The summed E-state index contributed by atoms with van der Waals surface area (Å²) in [5.41, 5.74) is 0. The van der Waals surface area contributed by atoms with Gasteiger partial charge >= 0.3 is 0 Å². The summed E-state index contributed by atoms with van der Waals surface area (Å²) in [5.74, 6) is 0. The van der Waals surface area contributed by atoms with E-state index in [9.17, 15) is 8.78 Å². The Labute approximate surface area is 69.5 Å². The van der Waals surface area contributed by atoms with Crippen LogP contribution in [0.4, 0.5) is 8.78 Å². The zero-order valence-electron chi connectivity index (χ0n) is 5.71. The zero-order chi connectivity index (χ0) is 8.20. The topological polar surface area (TPSA) is 0 Å². The van der Waals surface area contributed by atoms with Gasteiger partial charge in [-0.1, -0.05) is 43.0 Å². The lowest BCUT2D eigenvalue weighted by molar-refractivity contribution is 0.184. The van der Waals surface area contributed by atoms with Gasteiger partial charge in [0.05, 0.1) is 0 Å². The number of halogens is 4. The molecule has 0 spiro atoms. The molecule has 0 aliphatic carbocycles. The van der Waals surface area contributed by atoms with Gasteiger partial charge in [-0.05, 0) is 6.42 Å². The van der Waals surface area contributed by atoms with E-state index in [-0.39, 0.29) is 6.42 Å². The number of hydrogen-bond acceptors (Lipinski definition) is 0. The first-order valence-corrected chi connectivity index (χ1v) is 3.95. The van der Waals surface area contributed by atoms with E-state index in [1.807, 2.05) is 6.92 Å². The Bertz CT molecular complexity index is 90.2. The van der Waals surface area contributed by atoms with Crippen LogP contribution in [0.3, 0.4) is 0 Å². The van der Waals surface area contributed by atoms with Gasteiger partial charge in [0.15, 0.2) is 6.17 Å². The molecule has 0 radical (unpaired) electrons. The molecule has 0 amide bonds. The highest BCUT2D eigenvalue weighted by Crippen LogP contribution is 2.31. The molecule has 0 nitrogen and oxygen atoms in total. The maximum absolute atomic E-state index is 12.5. The van der Waals surface area contributed by atoms with Crippen molar-refractivity contribution in [1.82, 2.24) is 0 Å². The molecule has 0 fully saturated rings. The van der Waals surface area contributed by atoms with Crippen LogP contribution in [0.1, 0.15) is 26.2 Å². The molecule has 1 unspecified atom stereocenters. The van der Waals surface area contributed by atoms with Crippen LogP contribution in [0.5, 0.6) is 0 Å². The number of alkyl halides is 4. The smallest absolute Gasteiger partial charge is 0.241 e. The summed E-state index contributed by atoms with van der Waals surface area (Å²) in [6.45, 7) is 1.88. The summed E-state index contributed by atoms with van der Waals surface area (Å²) >= 11 is 9.69. The summed E-state index contributed by atoms with van der Waals surface area (Å²) in [6, 6.07) is 0. The minimum absolute atomic E-state index is 0.0833. The van der Waals surface area contributed by atoms with Crippen molar-refractivity contribution in [3.63, 3.8) is 0 Å². The van der Waals surface area contributed by atoms with Crippen molar-refractivity contribution in [3.8, 4) is 0 Å². The van der Waals surface area contributed by atoms with Crippen LogP contribution in [0, 0.1) is 0 Å². The standard InChI is InChI=1S/C6H10Cl2F2/c1-2-3-4-5(9)6(7,8)10/h5H,2-4H2,1H3. The van der Waals surface area contributed by atoms with Crippen molar-refractivity contribution >= 4 is 23.2 Å². The van der Waals surface area contributed by atoms with E-state index in [0.29, 0.717) is 6.42 Å². The molecule has 0 bridgehead atoms. The molecule has 4 heteroatoms. The highest BCUT2D eigenvalue weighted by molar-refractivity contribution is 6.47. The molecule has 62 valence electrons.